The number of hydrogen-bond donors (Lipinski definition) is 0. The van der Waals surface area contributed by atoms with Gasteiger partial charge in [-0.15, -0.1) is 11.3 Å². The molecule has 1 fully saturated rings. The Balaban J connectivity index is 1.94. The maximum absolute atomic E-state index is 13.5. The van der Waals surface area contributed by atoms with Crippen LogP contribution >= 0.6 is 11.3 Å². The number of benzene rings is 1. The maximum Gasteiger partial charge on any atom is 0.239 e. The zero-order chi connectivity index (χ0) is 14.2. The quantitative estimate of drug-likeness (QED) is 0.870. The molecule has 0 N–H and O–H groups in total. The van der Waals surface area contributed by atoms with Crippen molar-refractivity contribution in [1.82, 2.24) is 4.98 Å². The van der Waals surface area contributed by atoms with Gasteiger partial charge in [0.15, 0.2) is 5.13 Å². The first-order valence-electron chi connectivity index (χ1n) is 6.51. The van der Waals surface area contributed by atoms with E-state index in [2.05, 4.69) is 4.98 Å². The summed E-state index contributed by atoms with van der Waals surface area (Å²) in [6, 6.07) is 9.48. The molecule has 5 heteroatoms. The number of halogens is 1. The van der Waals surface area contributed by atoms with Gasteiger partial charge < -0.3 is 0 Å². The number of carbonyl (C=O) groups excluding carboxylic acids is 1. The lowest BCUT2D eigenvalue weighted by molar-refractivity contribution is -0.129. The van der Waals surface area contributed by atoms with Gasteiger partial charge in [-0.3, -0.25) is 9.69 Å². The summed E-state index contributed by atoms with van der Waals surface area (Å²) in [5, 5.41) is 2.47. The number of thiazole rings is 1. The van der Waals surface area contributed by atoms with Crippen molar-refractivity contribution in [3.05, 3.63) is 47.5 Å². The molecule has 1 heterocycles. The van der Waals surface area contributed by atoms with Crippen LogP contribution in [-0.4, -0.2) is 24.1 Å². The number of rotatable bonds is 3. The molecule has 3 nitrogen and oxygen atoms in total. The molecule has 1 aliphatic carbocycles. The molecule has 0 saturated heterocycles. The smallest absolute Gasteiger partial charge is 0.239 e. The largest absolute Gasteiger partial charge is 0.290 e. The highest BCUT2D eigenvalue weighted by Crippen LogP contribution is 2.47. The maximum atomic E-state index is 13.5. The average molecular weight is 290 g/mol. The molecular weight excluding hydrogens is 275 g/mol. The van der Waals surface area contributed by atoms with E-state index in [0.717, 1.165) is 5.56 Å². The molecular formula is C15H15FN2OS. The van der Waals surface area contributed by atoms with Crippen LogP contribution in [0.15, 0.2) is 41.9 Å². The summed E-state index contributed by atoms with van der Waals surface area (Å²) in [4.78, 5) is 18.5. The molecule has 1 amide bonds. The number of amides is 1. The van der Waals surface area contributed by atoms with Crippen LogP contribution < -0.4 is 4.90 Å². The van der Waals surface area contributed by atoms with Crippen LogP contribution in [0.2, 0.25) is 0 Å². The van der Waals surface area contributed by atoms with Crippen LogP contribution in [0.1, 0.15) is 18.4 Å². The highest BCUT2D eigenvalue weighted by atomic mass is 32.1. The number of nitrogens with zero attached hydrogens (tertiary/aromatic N) is 2. The normalized spacial score (nSPS) is 25.0. The number of hydrogen-bond acceptors (Lipinski definition) is 3. The molecule has 3 rings (SSSR count). The zero-order valence-corrected chi connectivity index (χ0v) is 11.9. The Bertz CT molecular complexity index is 594. The molecule has 104 valence electrons. The van der Waals surface area contributed by atoms with Gasteiger partial charge in [-0.2, -0.15) is 0 Å². The molecule has 2 aromatic rings. The highest BCUT2D eigenvalue weighted by Gasteiger charge is 2.53. The predicted molar refractivity (Wildman–Crippen MR) is 77.8 cm³/mol. The number of carbonyl (C=O) groups is 1. The fourth-order valence-corrected chi connectivity index (χ4v) is 3.38. The fraction of sp³-hybridized carbons (Fsp3) is 0.333. The molecule has 0 radical (unpaired) electrons. The van der Waals surface area contributed by atoms with Crippen molar-refractivity contribution in [2.75, 3.05) is 11.9 Å². The van der Waals surface area contributed by atoms with Crippen molar-refractivity contribution in [3.63, 3.8) is 0 Å². The van der Waals surface area contributed by atoms with Gasteiger partial charge in [0, 0.05) is 18.6 Å². The number of aromatic nitrogens is 1. The monoisotopic (exact) mass is 290 g/mol. The zero-order valence-electron chi connectivity index (χ0n) is 11.1. The molecule has 0 unspecified atom stereocenters. The summed E-state index contributed by atoms with van der Waals surface area (Å²) in [5.41, 5.74) is 0.156. The Kier molecular flexibility index (Phi) is 3.30. The van der Waals surface area contributed by atoms with Gasteiger partial charge >= 0.3 is 0 Å². The van der Waals surface area contributed by atoms with E-state index < -0.39 is 11.6 Å². The fourth-order valence-electron chi connectivity index (χ4n) is 2.78. The molecule has 1 aromatic carbocycles. The topological polar surface area (TPSA) is 33.2 Å². The first-order chi connectivity index (χ1) is 9.63. The van der Waals surface area contributed by atoms with E-state index in [9.17, 15) is 9.18 Å². The van der Waals surface area contributed by atoms with Gasteiger partial charge in [0.1, 0.15) is 6.17 Å². The molecule has 0 aliphatic heterocycles. The minimum Gasteiger partial charge on any atom is -0.290 e. The lowest BCUT2D eigenvalue weighted by Gasteiger charge is -2.44. The van der Waals surface area contributed by atoms with E-state index in [1.807, 2.05) is 35.7 Å². The molecule has 1 aliphatic rings. The lowest BCUT2D eigenvalue weighted by Crippen LogP contribution is -2.54. The van der Waals surface area contributed by atoms with Gasteiger partial charge in [-0.1, -0.05) is 30.3 Å². The standard InChI is InChI=1S/C15H15FN2OS/c1-18(14-17-7-8-20-14)13(19)15(9-12(16)10-15)11-5-3-2-4-6-11/h2-8,12H,9-10H2,1H3. The first-order valence-corrected chi connectivity index (χ1v) is 7.39. The predicted octanol–water partition coefficient (Wildman–Crippen LogP) is 3.18. The van der Waals surface area contributed by atoms with E-state index in [-0.39, 0.29) is 18.7 Å². The molecule has 1 aromatic heterocycles. The number of likely N-dealkylation sites (N-methyl/N-ethyl adjacent to an activating group) is 1. The third kappa shape index (κ3) is 2.02. The van der Waals surface area contributed by atoms with Crippen molar-refractivity contribution in [1.29, 1.82) is 0 Å². The summed E-state index contributed by atoms with van der Waals surface area (Å²) >= 11 is 1.41. The van der Waals surface area contributed by atoms with Crippen LogP contribution in [0.4, 0.5) is 9.52 Å². The Labute approximate surface area is 121 Å². The summed E-state index contributed by atoms with van der Waals surface area (Å²) < 4.78 is 13.5. The molecule has 20 heavy (non-hydrogen) atoms. The van der Waals surface area contributed by atoms with Crippen LogP contribution in [0, 0.1) is 0 Å². The first kappa shape index (κ1) is 13.2. The van der Waals surface area contributed by atoms with Gasteiger partial charge in [0.05, 0.1) is 5.41 Å². The number of alkyl halides is 1. The van der Waals surface area contributed by atoms with Crippen molar-refractivity contribution in [2.24, 2.45) is 0 Å². The van der Waals surface area contributed by atoms with E-state index in [1.165, 1.54) is 11.3 Å². The molecule has 0 atom stereocenters. The second kappa shape index (κ2) is 4.98. The Hall–Kier alpha value is -1.75. The molecule has 1 saturated carbocycles. The van der Waals surface area contributed by atoms with E-state index >= 15 is 0 Å². The van der Waals surface area contributed by atoms with Crippen molar-refractivity contribution >= 4 is 22.4 Å². The number of anilines is 1. The van der Waals surface area contributed by atoms with E-state index in [0.29, 0.717) is 5.13 Å². The van der Waals surface area contributed by atoms with Crippen molar-refractivity contribution < 1.29 is 9.18 Å². The minimum atomic E-state index is -0.899. The van der Waals surface area contributed by atoms with E-state index in [4.69, 9.17) is 0 Å². The Morgan fingerprint density at radius 3 is 2.65 bits per heavy atom. The lowest BCUT2D eigenvalue weighted by atomic mass is 9.62. The van der Waals surface area contributed by atoms with Crippen molar-refractivity contribution in [2.45, 2.75) is 24.4 Å². The third-order valence-electron chi connectivity index (χ3n) is 3.89. The minimum absolute atomic E-state index is 0.0763. The molecule has 0 bridgehead atoms. The van der Waals surface area contributed by atoms with Crippen LogP contribution in [-0.2, 0) is 10.2 Å². The van der Waals surface area contributed by atoms with Crippen molar-refractivity contribution in [3.8, 4) is 0 Å². The summed E-state index contributed by atoms with van der Waals surface area (Å²) in [6.07, 6.45) is 1.28. The third-order valence-corrected chi connectivity index (χ3v) is 4.73. The second-order valence-corrected chi connectivity index (χ2v) is 6.01. The summed E-state index contributed by atoms with van der Waals surface area (Å²) in [6.45, 7) is 0. The van der Waals surface area contributed by atoms with Crippen LogP contribution in [0.25, 0.3) is 0 Å². The average Bonchev–Trinajstić information content (AvgIpc) is 2.97. The Morgan fingerprint density at radius 1 is 1.40 bits per heavy atom. The van der Waals surface area contributed by atoms with Crippen LogP contribution in [0.5, 0.6) is 0 Å². The summed E-state index contributed by atoms with van der Waals surface area (Å²) in [5.74, 6) is -0.0763. The SMILES string of the molecule is CN(C(=O)C1(c2ccccc2)CC(F)C1)c1nccs1. The van der Waals surface area contributed by atoms with Gasteiger partial charge in [0.25, 0.3) is 0 Å². The second-order valence-electron chi connectivity index (χ2n) is 5.13. The van der Waals surface area contributed by atoms with E-state index in [1.54, 1.807) is 18.1 Å². The van der Waals surface area contributed by atoms with Gasteiger partial charge in [-0.25, -0.2) is 9.37 Å². The van der Waals surface area contributed by atoms with Gasteiger partial charge in [0.2, 0.25) is 5.91 Å². The Morgan fingerprint density at radius 2 is 2.10 bits per heavy atom. The van der Waals surface area contributed by atoms with Gasteiger partial charge in [-0.05, 0) is 18.4 Å². The molecule has 0 spiro atoms. The summed E-state index contributed by atoms with van der Waals surface area (Å²) in [7, 11) is 1.71. The highest BCUT2D eigenvalue weighted by molar-refractivity contribution is 7.13. The van der Waals surface area contributed by atoms with Crippen LogP contribution in [0.3, 0.4) is 0 Å².